The Morgan fingerprint density at radius 2 is 1.71 bits per heavy atom. The van der Waals surface area contributed by atoms with E-state index in [0.717, 1.165) is 25.7 Å². The van der Waals surface area contributed by atoms with Crippen molar-refractivity contribution in [3.05, 3.63) is 0 Å². The summed E-state index contributed by atoms with van der Waals surface area (Å²) in [5.74, 6) is 0.115. The van der Waals surface area contributed by atoms with Crippen molar-refractivity contribution in [1.29, 1.82) is 0 Å². The number of nitrogens with one attached hydrogen (secondary N) is 1. The Balaban J connectivity index is 2.18. The fourth-order valence-corrected chi connectivity index (χ4v) is 4.54. The van der Waals surface area contributed by atoms with Crippen LogP contribution in [-0.4, -0.2) is 35.3 Å². The second-order valence-corrected chi connectivity index (χ2v) is 8.44. The summed E-state index contributed by atoms with van der Waals surface area (Å²) in [6.45, 7) is 11.4. The molecule has 0 aromatic heterocycles. The van der Waals surface area contributed by atoms with Crippen LogP contribution in [0.25, 0.3) is 0 Å². The molecule has 1 aliphatic heterocycles. The summed E-state index contributed by atoms with van der Waals surface area (Å²) in [5.41, 5.74) is 0.446. The fraction of sp³-hybridized carbons (Fsp3) is 0.882. The molecule has 4 nitrogen and oxygen atoms in total. The van der Waals surface area contributed by atoms with Gasteiger partial charge >= 0.3 is 0 Å². The van der Waals surface area contributed by atoms with Crippen molar-refractivity contribution in [2.75, 3.05) is 6.54 Å². The Morgan fingerprint density at radius 3 is 2.24 bits per heavy atom. The first-order valence-corrected chi connectivity index (χ1v) is 8.23. The zero-order valence-corrected chi connectivity index (χ0v) is 14.2. The number of nitrogens with zero attached hydrogens (tertiary/aromatic N) is 1. The van der Waals surface area contributed by atoms with Crippen LogP contribution < -0.4 is 5.32 Å². The maximum absolute atomic E-state index is 12.7. The van der Waals surface area contributed by atoms with Crippen LogP contribution in [0.1, 0.15) is 66.7 Å². The smallest absolute Gasteiger partial charge is 0.245 e. The van der Waals surface area contributed by atoms with E-state index in [4.69, 9.17) is 0 Å². The zero-order valence-electron chi connectivity index (χ0n) is 14.2. The topological polar surface area (TPSA) is 49.4 Å². The predicted octanol–water partition coefficient (Wildman–Crippen LogP) is 2.72. The molecule has 0 aromatic carbocycles. The molecule has 21 heavy (non-hydrogen) atoms. The van der Waals surface area contributed by atoms with Crippen LogP contribution in [0.15, 0.2) is 0 Å². The molecular formula is C17H30N2O2. The third-order valence-corrected chi connectivity index (χ3v) is 4.78. The second-order valence-electron chi connectivity index (χ2n) is 8.44. The number of hydrogen-bond donors (Lipinski definition) is 1. The largest absolute Gasteiger partial charge is 0.343 e. The van der Waals surface area contributed by atoms with Crippen molar-refractivity contribution in [1.82, 2.24) is 10.2 Å². The van der Waals surface area contributed by atoms with Crippen LogP contribution in [0.4, 0.5) is 0 Å². The molecule has 1 saturated carbocycles. The summed E-state index contributed by atoms with van der Waals surface area (Å²) in [6, 6.07) is -0.119. The Morgan fingerprint density at radius 1 is 1.14 bits per heavy atom. The van der Waals surface area contributed by atoms with Crippen molar-refractivity contribution in [3.8, 4) is 0 Å². The van der Waals surface area contributed by atoms with E-state index in [1.807, 2.05) is 11.8 Å². The molecule has 0 spiro atoms. The molecule has 4 heteroatoms. The molecule has 120 valence electrons. The highest BCUT2D eigenvalue weighted by atomic mass is 16.2. The molecule has 1 saturated heterocycles. The van der Waals surface area contributed by atoms with E-state index in [1.54, 1.807) is 0 Å². The molecule has 0 bridgehead atoms. The second kappa shape index (κ2) is 5.62. The SMILES string of the molecule is CCCC1NC(=O)CN(C2CC(C)(C)CC(C)(C)C2)C1=O. The van der Waals surface area contributed by atoms with Crippen molar-refractivity contribution in [2.24, 2.45) is 10.8 Å². The molecule has 0 aromatic rings. The van der Waals surface area contributed by atoms with E-state index < -0.39 is 0 Å². The van der Waals surface area contributed by atoms with Crippen molar-refractivity contribution in [2.45, 2.75) is 78.8 Å². The van der Waals surface area contributed by atoms with Crippen LogP contribution in [0, 0.1) is 10.8 Å². The quantitative estimate of drug-likeness (QED) is 0.870. The molecule has 2 amide bonds. The van der Waals surface area contributed by atoms with Crippen LogP contribution >= 0.6 is 0 Å². The number of rotatable bonds is 3. The molecule has 2 fully saturated rings. The molecule has 0 radical (unpaired) electrons. The minimum atomic E-state index is -0.315. The lowest BCUT2D eigenvalue weighted by molar-refractivity contribution is -0.149. The van der Waals surface area contributed by atoms with Crippen LogP contribution in [0.2, 0.25) is 0 Å². The maximum atomic E-state index is 12.7. The summed E-state index contributed by atoms with van der Waals surface area (Å²) in [4.78, 5) is 26.5. The maximum Gasteiger partial charge on any atom is 0.245 e. The van der Waals surface area contributed by atoms with E-state index in [2.05, 4.69) is 33.0 Å². The fourth-order valence-electron chi connectivity index (χ4n) is 4.54. The van der Waals surface area contributed by atoms with Crippen LogP contribution in [0.5, 0.6) is 0 Å². The monoisotopic (exact) mass is 294 g/mol. The van der Waals surface area contributed by atoms with Crippen molar-refractivity contribution >= 4 is 11.8 Å². The van der Waals surface area contributed by atoms with Crippen LogP contribution in [0.3, 0.4) is 0 Å². The number of carbonyl (C=O) groups is 2. The highest BCUT2D eigenvalue weighted by Gasteiger charge is 2.44. The predicted molar refractivity (Wildman–Crippen MR) is 83.8 cm³/mol. The van der Waals surface area contributed by atoms with Gasteiger partial charge in [-0.1, -0.05) is 41.0 Å². The average molecular weight is 294 g/mol. The van der Waals surface area contributed by atoms with E-state index in [1.165, 1.54) is 6.42 Å². The number of piperazine rings is 1. The van der Waals surface area contributed by atoms with Crippen molar-refractivity contribution in [3.63, 3.8) is 0 Å². The van der Waals surface area contributed by atoms with Gasteiger partial charge in [-0.3, -0.25) is 9.59 Å². The highest BCUT2D eigenvalue weighted by Crippen LogP contribution is 2.47. The number of hydrogen-bond acceptors (Lipinski definition) is 2. The lowest BCUT2D eigenvalue weighted by atomic mass is 9.63. The van der Waals surface area contributed by atoms with Gasteiger partial charge in [-0.25, -0.2) is 0 Å². The standard InChI is InChI=1S/C17H30N2O2/c1-6-7-13-15(21)19(10-14(20)18-13)12-8-16(2,3)11-17(4,5)9-12/h12-13H,6-11H2,1-5H3,(H,18,20). The minimum Gasteiger partial charge on any atom is -0.343 e. The third-order valence-electron chi connectivity index (χ3n) is 4.78. The molecule has 1 N–H and O–H groups in total. The van der Waals surface area contributed by atoms with Gasteiger partial charge in [-0.05, 0) is 36.5 Å². The first kappa shape index (κ1) is 16.3. The van der Waals surface area contributed by atoms with E-state index in [9.17, 15) is 9.59 Å². The lowest BCUT2D eigenvalue weighted by Gasteiger charge is -2.49. The summed E-state index contributed by atoms with van der Waals surface area (Å²) in [5, 5.41) is 2.85. The summed E-state index contributed by atoms with van der Waals surface area (Å²) < 4.78 is 0. The third kappa shape index (κ3) is 3.78. The van der Waals surface area contributed by atoms with Gasteiger partial charge in [-0.15, -0.1) is 0 Å². The van der Waals surface area contributed by atoms with Gasteiger partial charge in [-0.2, -0.15) is 0 Å². The van der Waals surface area contributed by atoms with Gasteiger partial charge in [0, 0.05) is 6.04 Å². The molecule has 1 heterocycles. The number of amides is 2. The molecule has 1 aliphatic carbocycles. The van der Waals surface area contributed by atoms with Crippen molar-refractivity contribution < 1.29 is 9.59 Å². The van der Waals surface area contributed by atoms with Gasteiger partial charge in [0.25, 0.3) is 0 Å². The zero-order chi connectivity index (χ0) is 15.8. The van der Waals surface area contributed by atoms with E-state index in [0.29, 0.717) is 0 Å². The molecule has 1 unspecified atom stereocenters. The number of carbonyl (C=O) groups excluding carboxylic acids is 2. The summed E-state index contributed by atoms with van der Waals surface area (Å²) >= 11 is 0. The Kier molecular flexibility index (Phi) is 4.36. The summed E-state index contributed by atoms with van der Waals surface area (Å²) in [6.07, 6.45) is 4.80. The van der Waals surface area contributed by atoms with Gasteiger partial charge in [0.15, 0.2) is 0 Å². The van der Waals surface area contributed by atoms with Gasteiger partial charge < -0.3 is 10.2 Å². The summed E-state index contributed by atoms with van der Waals surface area (Å²) in [7, 11) is 0. The van der Waals surface area contributed by atoms with E-state index >= 15 is 0 Å². The minimum absolute atomic E-state index is 0.00534. The first-order chi connectivity index (χ1) is 9.63. The normalized spacial score (nSPS) is 29.4. The molecule has 2 rings (SSSR count). The van der Waals surface area contributed by atoms with Gasteiger partial charge in [0.2, 0.25) is 11.8 Å². The lowest BCUT2D eigenvalue weighted by Crippen LogP contribution is -2.62. The van der Waals surface area contributed by atoms with Crippen LogP contribution in [-0.2, 0) is 9.59 Å². The average Bonchev–Trinajstić information content (AvgIpc) is 2.29. The Labute approximate surface area is 128 Å². The Hall–Kier alpha value is -1.06. The Bertz CT molecular complexity index is 413. The molecule has 1 atom stereocenters. The molecule has 2 aliphatic rings. The van der Waals surface area contributed by atoms with Gasteiger partial charge in [0.05, 0.1) is 6.54 Å². The highest BCUT2D eigenvalue weighted by molar-refractivity contribution is 5.95. The first-order valence-electron chi connectivity index (χ1n) is 8.23. The van der Waals surface area contributed by atoms with E-state index in [-0.39, 0.29) is 41.3 Å². The van der Waals surface area contributed by atoms with Gasteiger partial charge in [0.1, 0.15) is 6.04 Å². The molecular weight excluding hydrogens is 264 g/mol.